The first-order chi connectivity index (χ1) is 7.20. The van der Waals surface area contributed by atoms with E-state index in [1.54, 1.807) is 0 Å². The lowest BCUT2D eigenvalue weighted by Gasteiger charge is -2.11. The van der Waals surface area contributed by atoms with Crippen molar-refractivity contribution in [2.45, 2.75) is 12.8 Å². The summed E-state index contributed by atoms with van der Waals surface area (Å²) in [5.41, 5.74) is -0.487. The highest BCUT2D eigenvalue weighted by molar-refractivity contribution is 14.1. The molecule has 0 spiro atoms. The molecular weight excluding hydrogens is 416 g/mol. The van der Waals surface area contributed by atoms with Gasteiger partial charge >= 0.3 is 6.36 Å². The zero-order valence-electron chi connectivity index (χ0n) is 7.16. The molecule has 0 aliphatic carbocycles. The zero-order chi connectivity index (χ0) is 12.5. The van der Waals surface area contributed by atoms with Crippen LogP contribution < -0.4 is 4.74 Å². The van der Waals surface area contributed by atoms with Crippen molar-refractivity contribution in [3.05, 3.63) is 19.8 Å². The quantitative estimate of drug-likeness (QED) is 0.407. The van der Waals surface area contributed by atoms with Crippen LogP contribution >= 0.6 is 38.5 Å². The maximum Gasteiger partial charge on any atom is 0.574 e. The minimum absolute atomic E-state index is 0.145. The lowest BCUT2D eigenvalue weighted by Crippen LogP contribution is -2.19. The number of pyridine rings is 1. The van der Waals surface area contributed by atoms with Crippen LogP contribution in [-0.4, -0.2) is 11.3 Å². The lowest BCUT2D eigenvalue weighted by atomic mass is 10.3. The monoisotopic (exact) mass is 417 g/mol. The first-order valence-electron chi connectivity index (χ1n) is 3.60. The van der Waals surface area contributed by atoms with E-state index in [4.69, 9.17) is 0 Å². The second-order valence-electron chi connectivity index (χ2n) is 2.50. The summed E-state index contributed by atoms with van der Waals surface area (Å²) in [7, 11) is 0. The Hall–Kier alpha value is -0.190. The molecule has 0 unspecified atom stereocenters. The molecule has 2 nitrogen and oxygen atoms in total. The maximum absolute atomic E-state index is 12.3. The highest BCUT2D eigenvalue weighted by atomic mass is 127. The number of hydrogen-bond donors (Lipinski definition) is 0. The molecule has 0 fully saturated rings. The predicted molar refractivity (Wildman–Crippen MR) is 56.3 cm³/mol. The molecule has 0 saturated carbocycles. The molecule has 16 heavy (non-hydrogen) atoms. The van der Waals surface area contributed by atoms with Crippen molar-refractivity contribution < 1.29 is 26.7 Å². The van der Waals surface area contributed by atoms with Gasteiger partial charge in [-0.1, -0.05) is 0 Å². The first kappa shape index (κ1) is 13.9. The fourth-order valence-corrected chi connectivity index (χ4v) is 1.81. The number of alkyl halides is 5. The van der Waals surface area contributed by atoms with Gasteiger partial charge in [-0.25, -0.2) is 13.8 Å². The molecule has 0 radical (unpaired) electrons. The summed E-state index contributed by atoms with van der Waals surface area (Å²) in [6.07, 6.45) is -7.73. The molecule has 0 aromatic carbocycles. The Labute approximate surface area is 108 Å². The standard InChI is InChI=1S/C7H2BrF5INO/c8-4-2(5(9)10)1-3(14)6(15-4)16-7(11,12)13/h1,5H. The molecule has 0 saturated heterocycles. The Morgan fingerprint density at radius 3 is 2.38 bits per heavy atom. The lowest BCUT2D eigenvalue weighted by molar-refractivity contribution is -0.276. The van der Waals surface area contributed by atoms with Crippen molar-refractivity contribution in [2.24, 2.45) is 0 Å². The van der Waals surface area contributed by atoms with E-state index in [1.165, 1.54) is 22.6 Å². The summed E-state index contributed by atoms with van der Waals surface area (Å²) >= 11 is 4.08. The summed E-state index contributed by atoms with van der Waals surface area (Å²) in [5.74, 6) is -0.760. The van der Waals surface area contributed by atoms with Crippen LogP contribution in [0.3, 0.4) is 0 Å². The molecule has 0 bridgehead atoms. The average Bonchev–Trinajstić information content (AvgIpc) is 2.07. The van der Waals surface area contributed by atoms with Crippen molar-refractivity contribution in [3.8, 4) is 5.88 Å². The molecule has 1 heterocycles. The van der Waals surface area contributed by atoms with Crippen LogP contribution in [0.5, 0.6) is 5.88 Å². The number of rotatable bonds is 2. The third-order valence-corrected chi connectivity index (χ3v) is 2.78. The second kappa shape index (κ2) is 4.98. The van der Waals surface area contributed by atoms with Gasteiger partial charge < -0.3 is 4.74 Å². The zero-order valence-corrected chi connectivity index (χ0v) is 10.9. The van der Waals surface area contributed by atoms with Crippen molar-refractivity contribution in [2.75, 3.05) is 0 Å². The Bertz CT molecular complexity index is 397. The fraction of sp³-hybridized carbons (Fsp3) is 0.286. The number of hydrogen-bond acceptors (Lipinski definition) is 2. The average molecular weight is 418 g/mol. The van der Waals surface area contributed by atoms with Crippen LogP contribution in [0.2, 0.25) is 0 Å². The summed E-state index contributed by atoms with van der Waals surface area (Å²) in [4.78, 5) is 3.27. The van der Waals surface area contributed by atoms with Gasteiger partial charge in [-0.3, -0.25) is 0 Å². The molecule has 9 heteroatoms. The Morgan fingerprint density at radius 2 is 1.94 bits per heavy atom. The Morgan fingerprint density at radius 1 is 1.38 bits per heavy atom. The van der Waals surface area contributed by atoms with E-state index in [1.807, 2.05) is 0 Å². The molecule has 0 aliphatic rings. The van der Waals surface area contributed by atoms with E-state index in [2.05, 4.69) is 25.7 Å². The van der Waals surface area contributed by atoms with Crippen LogP contribution in [0.25, 0.3) is 0 Å². The van der Waals surface area contributed by atoms with E-state index in [9.17, 15) is 22.0 Å². The van der Waals surface area contributed by atoms with E-state index < -0.39 is 24.2 Å². The van der Waals surface area contributed by atoms with E-state index in [0.29, 0.717) is 0 Å². The third kappa shape index (κ3) is 3.68. The smallest absolute Gasteiger partial charge is 0.387 e. The van der Waals surface area contributed by atoms with Gasteiger partial charge in [0.2, 0.25) is 5.88 Å². The van der Waals surface area contributed by atoms with Gasteiger partial charge in [-0.15, -0.1) is 13.2 Å². The number of halogens is 7. The largest absolute Gasteiger partial charge is 0.574 e. The topological polar surface area (TPSA) is 22.1 Å². The minimum atomic E-state index is -4.90. The predicted octanol–water partition coefficient (Wildman–Crippen LogP) is 4.28. The summed E-state index contributed by atoms with van der Waals surface area (Å²) < 4.78 is 63.4. The summed E-state index contributed by atoms with van der Waals surface area (Å²) in [6.45, 7) is 0. The first-order valence-corrected chi connectivity index (χ1v) is 5.47. The van der Waals surface area contributed by atoms with Crippen molar-refractivity contribution in [1.82, 2.24) is 4.98 Å². The third-order valence-electron chi connectivity index (χ3n) is 1.37. The number of ether oxygens (including phenoxy) is 1. The van der Waals surface area contributed by atoms with Gasteiger partial charge in [0.05, 0.1) is 9.13 Å². The Balaban J connectivity index is 3.11. The molecule has 1 aromatic rings. The molecule has 90 valence electrons. The molecule has 1 rings (SSSR count). The van der Waals surface area contributed by atoms with Crippen molar-refractivity contribution in [3.63, 3.8) is 0 Å². The van der Waals surface area contributed by atoms with Gasteiger partial charge in [-0.05, 0) is 44.6 Å². The van der Waals surface area contributed by atoms with Gasteiger partial charge in [-0.2, -0.15) is 0 Å². The second-order valence-corrected chi connectivity index (χ2v) is 4.42. The van der Waals surface area contributed by atoms with Gasteiger partial charge in [0.25, 0.3) is 6.43 Å². The minimum Gasteiger partial charge on any atom is -0.387 e. The van der Waals surface area contributed by atoms with E-state index >= 15 is 0 Å². The van der Waals surface area contributed by atoms with E-state index in [0.717, 1.165) is 6.07 Å². The Kier molecular flexibility index (Phi) is 4.32. The maximum atomic E-state index is 12.3. The number of nitrogens with zero attached hydrogens (tertiary/aromatic N) is 1. The van der Waals surface area contributed by atoms with Crippen LogP contribution in [0.4, 0.5) is 22.0 Å². The molecule has 0 aliphatic heterocycles. The SMILES string of the molecule is FC(F)c1cc(I)c(OC(F)(F)F)nc1Br. The van der Waals surface area contributed by atoms with Crippen LogP contribution in [0, 0.1) is 3.57 Å². The van der Waals surface area contributed by atoms with Crippen LogP contribution in [0.15, 0.2) is 10.7 Å². The highest BCUT2D eigenvalue weighted by Gasteiger charge is 2.33. The van der Waals surface area contributed by atoms with Gasteiger partial charge in [0.1, 0.15) is 4.60 Å². The summed E-state index contributed by atoms with van der Waals surface area (Å²) in [5, 5.41) is 0. The van der Waals surface area contributed by atoms with Crippen molar-refractivity contribution >= 4 is 38.5 Å². The molecular formula is C7H2BrF5INO. The number of aromatic nitrogens is 1. The molecule has 0 amide bonds. The molecule has 0 N–H and O–H groups in total. The molecule has 1 aromatic heterocycles. The van der Waals surface area contributed by atoms with Crippen LogP contribution in [-0.2, 0) is 0 Å². The van der Waals surface area contributed by atoms with Gasteiger partial charge in [0, 0.05) is 0 Å². The van der Waals surface area contributed by atoms with E-state index in [-0.39, 0.29) is 8.17 Å². The molecule has 0 atom stereocenters. The van der Waals surface area contributed by atoms with Crippen LogP contribution in [0.1, 0.15) is 12.0 Å². The normalized spacial score (nSPS) is 12.0. The van der Waals surface area contributed by atoms with Crippen molar-refractivity contribution in [1.29, 1.82) is 0 Å². The van der Waals surface area contributed by atoms with Gasteiger partial charge in [0.15, 0.2) is 0 Å². The highest BCUT2D eigenvalue weighted by Crippen LogP contribution is 2.33. The summed E-state index contributed by atoms with van der Waals surface area (Å²) in [6, 6.07) is 0.878. The fourth-order valence-electron chi connectivity index (χ4n) is 0.799.